The molecule has 4 rings (SSSR count). The van der Waals surface area contributed by atoms with Crippen LogP contribution in [0.5, 0.6) is 11.5 Å². The summed E-state index contributed by atoms with van der Waals surface area (Å²) in [6.45, 7) is 6.45. The topological polar surface area (TPSA) is 89.0 Å². The summed E-state index contributed by atoms with van der Waals surface area (Å²) in [7, 11) is 0. The monoisotopic (exact) mass is 557 g/mol. The highest BCUT2D eigenvalue weighted by Crippen LogP contribution is 2.30. The van der Waals surface area contributed by atoms with Crippen LogP contribution in [0.4, 0.5) is 0 Å². The minimum atomic E-state index is -0.785. The Labute approximate surface area is 239 Å². The van der Waals surface area contributed by atoms with Crippen molar-refractivity contribution in [2.75, 3.05) is 6.61 Å². The maximum atomic E-state index is 12.8. The van der Waals surface area contributed by atoms with Gasteiger partial charge in [-0.15, -0.1) is 0 Å². The highest BCUT2D eigenvalue weighted by atomic mass is 35.5. The lowest BCUT2D eigenvalue weighted by Gasteiger charge is -2.20. The number of hydrazone groups is 1. The molecule has 0 aliphatic rings. The van der Waals surface area contributed by atoms with Crippen molar-refractivity contribution in [3.05, 3.63) is 107 Å². The summed E-state index contributed by atoms with van der Waals surface area (Å²) in [5.74, 6) is 0.204. The second-order valence-electron chi connectivity index (χ2n) is 9.51. The predicted octanol–water partition coefficient (Wildman–Crippen LogP) is 6.38. The molecule has 1 atom stereocenters. The molecule has 0 spiro atoms. The lowest BCUT2D eigenvalue weighted by Crippen LogP contribution is -2.48. The van der Waals surface area contributed by atoms with E-state index in [-0.39, 0.29) is 11.8 Å². The lowest BCUT2D eigenvalue weighted by atomic mass is 10.0. The Hall–Kier alpha value is -4.36. The summed E-state index contributed by atoms with van der Waals surface area (Å²) in [4.78, 5) is 25.5. The van der Waals surface area contributed by atoms with E-state index >= 15 is 0 Å². The number of benzene rings is 4. The summed E-state index contributed by atoms with van der Waals surface area (Å²) < 4.78 is 11.9. The Morgan fingerprint density at radius 1 is 0.925 bits per heavy atom. The summed E-state index contributed by atoms with van der Waals surface area (Å²) in [6.07, 6.45) is 1.52. The number of fused-ring (bicyclic) bond motifs is 1. The van der Waals surface area contributed by atoms with E-state index < -0.39 is 11.9 Å². The summed E-state index contributed by atoms with van der Waals surface area (Å²) in [6, 6.07) is 25.6. The molecular formula is C32H32ClN3O4. The van der Waals surface area contributed by atoms with Crippen LogP contribution in [-0.2, 0) is 11.4 Å². The molecule has 2 N–H and O–H groups in total. The summed E-state index contributed by atoms with van der Waals surface area (Å²) in [5.41, 5.74) is 4.70. The van der Waals surface area contributed by atoms with Crippen molar-refractivity contribution in [2.24, 2.45) is 11.0 Å². The second kappa shape index (κ2) is 13.6. The van der Waals surface area contributed by atoms with E-state index in [4.69, 9.17) is 21.1 Å². The van der Waals surface area contributed by atoms with Gasteiger partial charge in [0, 0.05) is 10.6 Å². The van der Waals surface area contributed by atoms with Crippen molar-refractivity contribution < 1.29 is 19.1 Å². The molecule has 0 aromatic heterocycles. The Morgan fingerprint density at radius 2 is 1.70 bits per heavy atom. The number of halogens is 1. The van der Waals surface area contributed by atoms with E-state index in [9.17, 15) is 9.59 Å². The van der Waals surface area contributed by atoms with Crippen molar-refractivity contribution >= 4 is 40.4 Å². The van der Waals surface area contributed by atoms with Gasteiger partial charge in [0.1, 0.15) is 12.6 Å². The van der Waals surface area contributed by atoms with Crippen LogP contribution in [0.2, 0.25) is 5.02 Å². The molecule has 8 heteroatoms. The quantitative estimate of drug-likeness (QED) is 0.165. The third kappa shape index (κ3) is 7.39. The molecular weight excluding hydrogens is 526 g/mol. The van der Waals surface area contributed by atoms with Gasteiger partial charge in [0.05, 0.1) is 12.8 Å². The molecule has 4 aromatic carbocycles. The van der Waals surface area contributed by atoms with Gasteiger partial charge >= 0.3 is 0 Å². The molecule has 0 fully saturated rings. The molecule has 7 nitrogen and oxygen atoms in total. The van der Waals surface area contributed by atoms with Gasteiger partial charge in [-0.3, -0.25) is 9.59 Å². The first-order valence-electron chi connectivity index (χ1n) is 13.1. The number of nitrogens with zero attached hydrogens (tertiary/aromatic N) is 1. The highest BCUT2D eigenvalue weighted by Gasteiger charge is 2.24. The first-order valence-corrected chi connectivity index (χ1v) is 13.5. The Morgan fingerprint density at radius 3 is 2.48 bits per heavy atom. The Balaban J connectivity index is 1.41. The van der Waals surface area contributed by atoms with Crippen LogP contribution in [0.25, 0.3) is 10.8 Å². The minimum Gasteiger partial charge on any atom is -0.490 e. The number of hydrogen-bond acceptors (Lipinski definition) is 5. The summed E-state index contributed by atoms with van der Waals surface area (Å²) >= 11 is 5.99. The molecule has 0 saturated carbocycles. The Bertz CT molecular complexity index is 1510. The second-order valence-corrected chi connectivity index (χ2v) is 9.94. The third-order valence-corrected chi connectivity index (χ3v) is 6.48. The van der Waals surface area contributed by atoms with Crippen molar-refractivity contribution in [1.29, 1.82) is 0 Å². The maximum absolute atomic E-state index is 12.8. The number of amides is 2. The maximum Gasteiger partial charge on any atom is 0.262 e. The van der Waals surface area contributed by atoms with Crippen LogP contribution < -0.4 is 20.2 Å². The lowest BCUT2D eigenvalue weighted by molar-refractivity contribution is -0.123. The SMILES string of the molecule is CCOc1cc(/C=N\NC(=O)C(NC(=O)c2cccc(Cl)c2)C(C)C)ccc1OCc1cccc2ccccc12. The normalized spacial score (nSPS) is 11.9. The minimum absolute atomic E-state index is 0.166. The molecule has 1 unspecified atom stereocenters. The fourth-order valence-corrected chi connectivity index (χ4v) is 4.39. The largest absolute Gasteiger partial charge is 0.490 e. The van der Waals surface area contributed by atoms with Crippen LogP contribution in [0.1, 0.15) is 42.3 Å². The standard InChI is InChI=1S/C32H32ClN3O4/c1-4-39-29-17-22(15-16-28(29)40-20-25-12-7-10-23-9-5-6-14-27(23)25)19-34-36-32(38)30(21(2)3)35-31(37)24-11-8-13-26(33)18-24/h5-19,21,30H,4,20H2,1-3H3,(H,35,37)(H,36,38)/b34-19-. The number of ether oxygens (including phenoxy) is 2. The smallest absolute Gasteiger partial charge is 0.262 e. The van der Waals surface area contributed by atoms with Crippen molar-refractivity contribution in [1.82, 2.24) is 10.7 Å². The van der Waals surface area contributed by atoms with Gasteiger partial charge < -0.3 is 14.8 Å². The van der Waals surface area contributed by atoms with E-state index in [0.717, 1.165) is 16.3 Å². The molecule has 206 valence electrons. The molecule has 0 aliphatic heterocycles. The molecule has 0 aliphatic carbocycles. The zero-order valence-corrected chi connectivity index (χ0v) is 23.4. The van der Waals surface area contributed by atoms with E-state index in [1.54, 1.807) is 30.3 Å². The Kier molecular flexibility index (Phi) is 9.76. The first-order chi connectivity index (χ1) is 19.4. The molecule has 0 saturated heterocycles. The van der Waals surface area contributed by atoms with E-state index in [2.05, 4.69) is 34.0 Å². The van der Waals surface area contributed by atoms with Crippen molar-refractivity contribution in [2.45, 2.75) is 33.4 Å². The molecule has 0 heterocycles. The van der Waals surface area contributed by atoms with Gasteiger partial charge in [0.2, 0.25) is 0 Å². The fraction of sp³-hybridized carbons (Fsp3) is 0.219. The van der Waals surface area contributed by atoms with Gasteiger partial charge in [-0.1, -0.05) is 74.0 Å². The van der Waals surface area contributed by atoms with Crippen LogP contribution in [0, 0.1) is 5.92 Å². The number of hydrogen-bond donors (Lipinski definition) is 2. The average Bonchev–Trinajstić information content (AvgIpc) is 2.95. The highest BCUT2D eigenvalue weighted by molar-refractivity contribution is 6.31. The summed E-state index contributed by atoms with van der Waals surface area (Å²) in [5, 5.41) is 9.61. The van der Waals surface area contributed by atoms with Gasteiger partial charge in [0.25, 0.3) is 11.8 Å². The number of rotatable bonds is 11. The zero-order valence-electron chi connectivity index (χ0n) is 22.7. The van der Waals surface area contributed by atoms with E-state index in [1.807, 2.05) is 57.2 Å². The van der Waals surface area contributed by atoms with Gasteiger partial charge in [-0.25, -0.2) is 5.43 Å². The van der Waals surface area contributed by atoms with Gasteiger partial charge in [0.15, 0.2) is 11.5 Å². The van der Waals surface area contributed by atoms with Crippen LogP contribution in [0.3, 0.4) is 0 Å². The predicted molar refractivity (Wildman–Crippen MR) is 159 cm³/mol. The van der Waals surface area contributed by atoms with Crippen molar-refractivity contribution in [3.63, 3.8) is 0 Å². The number of carbonyl (C=O) groups is 2. The van der Waals surface area contributed by atoms with Crippen LogP contribution >= 0.6 is 11.6 Å². The van der Waals surface area contributed by atoms with E-state index in [0.29, 0.717) is 40.9 Å². The number of nitrogens with one attached hydrogen (secondary N) is 2. The van der Waals surface area contributed by atoms with Crippen LogP contribution in [0.15, 0.2) is 90.0 Å². The van der Waals surface area contributed by atoms with Gasteiger partial charge in [-0.05, 0) is 71.1 Å². The molecule has 4 aromatic rings. The molecule has 0 bridgehead atoms. The van der Waals surface area contributed by atoms with Crippen molar-refractivity contribution in [3.8, 4) is 11.5 Å². The van der Waals surface area contributed by atoms with E-state index in [1.165, 1.54) is 6.21 Å². The number of carbonyl (C=O) groups excluding carboxylic acids is 2. The molecule has 2 amide bonds. The fourth-order valence-electron chi connectivity index (χ4n) is 4.20. The zero-order chi connectivity index (χ0) is 28.5. The molecule has 40 heavy (non-hydrogen) atoms. The van der Waals surface area contributed by atoms with Gasteiger partial charge in [-0.2, -0.15) is 5.10 Å². The third-order valence-electron chi connectivity index (χ3n) is 6.24. The average molecular weight is 558 g/mol. The molecule has 0 radical (unpaired) electrons. The van der Waals surface area contributed by atoms with Crippen LogP contribution in [-0.4, -0.2) is 30.7 Å². The first kappa shape index (κ1) is 28.6.